The highest BCUT2D eigenvalue weighted by atomic mass is 35.5. The second-order valence-corrected chi connectivity index (χ2v) is 7.24. The van der Waals surface area contributed by atoms with Crippen molar-refractivity contribution in [3.05, 3.63) is 82.1 Å². The van der Waals surface area contributed by atoms with Crippen LogP contribution in [0.15, 0.2) is 60.1 Å². The lowest BCUT2D eigenvalue weighted by molar-refractivity contribution is 0.389. The minimum atomic E-state index is -0.282. The number of thiazole rings is 1. The molecule has 0 radical (unpaired) electrons. The monoisotopic (exact) mass is 384 g/mol. The van der Waals surface area contributed by atoms with E-state index in [9.17, 15) is 0 Å². The van der Waals surface area contributed by atoms with E-state index in [1.54, 1.807) is 29.8 Å². The molecule has 4 rings (SSSR count). The average Bonchev–Trinajstić information content (AvgIpc) is 3.11. The molecule has 130 valence electrons. The second-order valence-electron chi connectivity index (χ2n) is 5.92. The predicted octanol–water partition coefficient (Wildman–Crippen LogP) is 6.15. The van der Waals surface area contributed by atoms with Crippen LogP contribution in [0.2, 0.25) is 5.02 Å². The van der Waals surface area contributed by atoms with Gasteiger partial charge in [0.2, 0.25) is 0 Å². The van der Waals surface area contributed by atoms with Gasteiger partial charge >= 0.3 is 0 Å². The Hall–Kier alpha value is -2.47. The maximum absolute atomic E-state index is 15.4. The lowest BCUT2D eigenvalue weighted by Crippen LogP contribution is -1.97. The molecule has 0 saturated carbocycles. The van der Waals surface area contributed by atoms with Crippen molar-refractivity contribution in [2.45, 2.75) is 6.42 Å². The highest BCUT2D eigenvalue weighted by Gasteiger charge is 2.17. The van der Waals surface area contributed by atoms with Gasteiger partial charge in [-0.25, -0.2) is 9.37 Å². The summed E-state index contributed by atoms with van der Waals surface area (Å²) in [7, 11) is 0. The van der Waals surface area contributed by atoms with Gasteiger partial charge in [0.15, 0.2) is 0 Å². The van der Waals surface area contributed by atoms with Crippen LogP contribution in [0, 0.1) is 5.82 Å². The minimum Gasteiger partial charge on any atom is -0.291 e. The molecule has 0 saturated heterocycles. The number of halogens is 2. The Morgan fingerprint density at radius 1 is 1.12 bits per heavy atom. The summed E-state index contributed by atoms with van der Waals surface area (Å²) >= 11 is 7.59. The van der Waals surface area contributed by atoms with Crippen LogP contribution in [0.4, 0.5) is 10.1 Å². The fourth-order valence-corrected chi connectivity index (χ4v) is 3.92. The molecule has 0 spiro atoms. The molecule has 0 bridgehead atoms. The van der Waals surface area contributed by atoms with E-state index in [4.69, 9.17) is 16.8 Å². The van der Waals surface area contributed by atoms with Gasteiger partial charge in [0.1, 0.15) is 5.82 Å². The molecule has 3 nitrogen and oxygen atoms in total. The highest BCUT2D eigenvalue weighted by Crippen LogP contribution is 2.36. The first kappa shape index (κ1) is 17.0. The number of rotatable bonds is 4. The molecule has 6 heteroatoms. The molecule has 26 heavy (non-hydrogen) atoms. The zero-order valence-electron chi connectivity index (χ0n) is 13.5. The first-order chi connectivity index (χ1) is 12.7. The van der Waals surface area contributed by atoms with Crippen molar-refractivity contribution in [1.82, 2.24) is 4.98 Å². The van der Waals surface area contributed by atoms with Crippen molar-refractivity contribution < 1.29 is 9.60 Å². The van der Waals surface area contributed by atoms with Gasteiger partial charge in [-0.15, -0.1) is 11.3 Å². The van der Waals surface area contributed by atoms with Crippen LogP contribution >= 0.6 is 22.9 Å². The summed E-state index contributed by atoms with van der Waals surface area (Å²) in [4.78, 5) is 4.36. The number of anilines is 1. The summed E-state index contributed by atoms with van der Waals surface area (Å²) in [5, 5.41) is 9.47. The smallest absolute Gasteiger partial charge is 0.136 e. The summed E-state index contributed by atoms with van der Waals surface area (Å²) in [6.07, 6.45) is 0.443. The Morgan fingerprint density at radius 2 is 1.92 bits per heavy atom. The Labute approximate surface area is 158 Å². The second kappa shape index (κ2) is 7.03. The normalized spacial score (nSPS) is 11.0. The maximum atomic E-state index is 15.4. The van der Waals surface area contributed by atoms with Crippen LogP contribution in [0.5, 0.6) is 0 Å². The maximum Gasteiger partial charge on any atom is 0.136 e. The van der Waals surface area contributed by atoms with Crippen LogP contribution in [-0.2, 0) is 6.42 Å². The van der Waals surface area contributed by atoms with Crippen molar-refractivity contribution >= 4 is 38.8 Å². The third-order valence-electron chi connectivity index (χ3n) is 4.23. The summed E-state index contributed by atoms with van der Waals surface area (Å²) in [6, 6.07) is 16.2. The molecule has 1 aromatic heterocycles. The summed E-state index contributed by atoms with van der Waals surface area (Å²) in [6.45, 7) is 0. The lowest BCUT2D eigenvalue weighted by atomic mass is 9.97. The lowest BCUT2D eigenvalue weighted by Gasteiger charge is -2.11. The Morgan fingerprint density at radius 3 is 2.65 bits per heavy atom. The minimum absolute atomic E-state index is 0.282. The summed E-state index contributed by atoms with van der Waals surface area (Å²) in [5.74, 6) is -0.282. The third kappa shape index (κ3) is 3.17. The molecule has 0 aliphatic carbocycles. The average molecular weight is 385 g/mol. The van der Waals surface area contributed by atoms with E-state index >= 15 is 4.39 Å². The van der Waals surface area contributed by atoms with E-state index in [1.165, 1.54) is 11.3 Å². The van der Waals surface area contributed by atoms with Gasteiger partial charge in [0, 0.05) is 17.0 Å². The van der Waals surface area contributed by atoms with Crippen molar-refractivity contribution in [1.29, 1.82) is 0 Å². The highest BCUT2D eigenvalue weighted by molar-refractivity contribution is 7.16. The topological polar surface area (TPSA) is 45.1 Å². The summed E-state index contributed by atoms with van der Waals surface area (Å²) in [5.41, 5.74) is 7.80. The molecule has 0 unspecified atom stereocenters. The molecular formula is C20H14ClFN2OS. The van der Waals surface area contributed by atoms with Crippen molar-refractivity contribution in [2.75, 3.05) is 5.48 Å². The van der Waals surface area contributed by atoms with Crippen molar-refractivity contribution in [3.8, 4) is 11.1 Å². The fraction of sp³-hybridized carbons (Fsp3) is 0.0500. The van der Waals surface area contributed by atoms with E-state index in [2.05, 4.69) is 10.5 Å². The molecule has 0 atom stereocenters. The van der Waals surface area contributed by atoms with E-state index in [-0.39, 0.29) is 5.82 Å². The van der Waals surface area contributed by atoms with Gasteiger partial charge in [-0.1, -0.05) is 35.9 Å². The van der Waals surface area contributed by atoms with Crippen molar-refractivity contribution in [3.63, 3.8) is 0 Å². The zero-order valence-corrected chi connectivity index (χ0v) is 15.1. The molecular weight excluding hydrogens is 371 g/mol. The molecule has 0 aliphatic heterocycles. The van der Waals surface area contributed by atoms with Gasteiger partial charge in [-0.05, 0) is 47.0 Å². The summed E-state index contributed by atoms with van der Waals surface area (Å²) < 4.78 is 16.3. The standard InChI is InChI=1S/C20H14ClFN2OS/c21-15-3-1-2-13(9-15)18-19(22)14(10-17-20(18)23-11-26-17)8-12-4-6-16(24-25)7-5-12/h1-7,9-11,24-25H,8H2. The third-order valence-corrected chi connectivity index (χ3v) is 5.24. The Kier molecular flexibility index (Phi) is 4.59. The SMILES string of the molecule is ONc1ccc(Cc2cc3scnc3c(-c3cccc(Cl)c3)c2F)cc1. The van der Waals surface area contributed by atoms with Crippen LogP contribution in [0.3, 0.4) is 0 Å². The molecule has 0 fully saturated rings. The number of nitrogens with zero attached hydrogens (tertiary/aromatic N) is 1. The van der Waals surface area contributed by atoms with Crippen LogP contribution < -0.4 is 5.48 Å². The Bertz CT molecular complexity index is 1080. The van der Waals surface area contributed by atoms with E-state index in [0.29, 0.717) is 39.3 Å². The predicted molar refractivity (Wildman–Crippen MR) is 105 cm³/mol. The number of hydrogen-bond acceptors (Lipinski definition) is 4. The quantitative estimate of drug-likeness (QED) is 0.415. The van der Waals surface area contributed by atoms with E-state index in [1.807, 2.05) is 30.3 Å². The van der Waals surface area contributed by atoms with Crippen LogP contribution in [0.1, 0.15) is 11.1 Å². The van der Waals surface area contributed by atoms with Gasteiger partial charge in [0.05, 0.1) is 21.4 Å². The molecule has 2 N–H and O–H groups in total. The van der Waals surface area contributed by atoms with E-state index < -0.39 is 0 Å². The van der Waals surface area contributed by atoms with Crippen molar-refractivity contribution in [2.24, 2.45) is 0 Å². The van der Waals surface area contributed by atoms with Crippen LogP contribution in [0.25, 0.3) is 21.3 Å². The first-order valence-corrected chi connectivity index (χ1v) is 9.21. The molecule has 1 heterocycles. The number of nitrogens with one attached hydrogen (secondary N) is 1. The number of aromatic nitrogens is 1. The van der Waals surface area contributed by atoms with E-state index in [0.717, 1.165) is 10.3 Å². The molecule has 3 aromatic carbocycles. The zero-order chi connectivity index (χ0) is 18.1. The number of hydrogen-bond donors (Lipinski definition) is 2. The molecule has 4 aromatic rings. The first-order valence-electron chi connectivity index (χ1n) is 7.95. The molecule has 0 aliphatic rings. The number of fused-ring (bicyclic) bond motifs is 1. The van der Waals surface area contributed by atoms with Gasteiger partial charge in [-0.3, -0.25) is 10.7 Å². The van der Waals surface area contributed by atoms with Gasteiger partial charge < -0.3 is 0 Å². The van der Waals surface area contributed by atoms with Gasteiger partial charge in [0.25, 0.3) is 0 Å². The molecule has 0 amide bonds. The van der Waals surface area contributed by atoms with Crippen LogP contribution in [-0.4, -0.2) is 10.2 Å². The Balaban J connectivity index is 1.84. The van der Waals surface area contributed by atoms with Gasteiger partial charge in [-0.2, -0.15) is 0 Å². The number of benzene rings is 3. The fourth-order valence-electron chi connectivity index (χ4n) is 2.98. The largest absolute Gasteiger partial charge is 0.291 e.